The molecule has 0 bridgehead atoms. The average molecular weight is 187 g/mol. The van der Waals surface area contributed by atoms with Gasteiger partial charge in [0.25, 0.3) is 0 Å². The number of imide groups is 1. The van der Waals surface area contributed by atoms with Crippen molar-refractivity contribution in [1.82, 2.24) is 10.2 Å². The van der Waals surface area contributed by atoms with Crippen LogP contribution in [0.5, 0.6) is 0 Å². The number of hydrogen-bond acceptors (Lipinski definition) is 3. The second kappa shape index (κ2) is 3.06. The molecular formula is C6H9N3O2S. The lowest BCUT2D eigenvalue weighted by Crippen LogP contribution is -2.59. The van der Waals surface area contributed by atoms with Crippen LogP contribution in [0.4, 0.5) is 0 Å². The molecule has 0 saturated carbocycles. The van der Waals surface area contributed by atoms with Crippen LogP contribution in [-0.4, -0.2) is 34.4 Å². The largest absolute Gasteiger partial charge is 0.376 e. The maximum Gasteiger partial charge on any atom is 0.249 e. The predicted octanol–water partition coefficient (Wildman–Crippen LogP) is -1.42. The number of carbonyl (C=O) groups excluding carboxylic acids is 2. The molecule has 1 aliphatic heterocycles. The Morgan fingerprint density at radius 3 is 2.83 bits per heavy atom. The Kier molecular flexibility index (Phi) is 2.27. The summed E-state index contributed by atoms with van der Waals surface area (Å²) < 4.78 is 0. The lowest BCUT2D eigenvalue weighted by atomic mass is 10.2. The summed E-state index contributed by atoms with van der Waals surface area (Å²) in [6, 6.07) is -0.458. The van der Waals surface area contributed by atoms with Crippen molar-refractivity contribution in [3.05, 3.63) is 0 Å². The standard InChI is InChI=1S/C6H9N3O2S/c1-3-5(11)8-4(10)2-9(3)6(7)12/h3H,2H2,1H3,(H2,7,12)(H,8,10,11). The van der Waals surface area contributed by atoms with E-state index in [1.807, 2.05) is 0 Å². The lowest BCUT2D eigenvalue weighted by Gasteiger charge is -2.31. The molecule has 1 heterocycles. The van der Waals surface area contributed by atoms with Gasteiger partial charge < -0.3 is 10.6 Å². The summed E-state index contributed by atoms with van der Waals surface area (Å²) >= 11 is 4.67. The number of nitrogens with one attached hydrogen (secondary N) is 1. The van der Waals surface area contributed by atoms with Gasteiger partial charge in [-0.2, -0.15) is 0 Å². The van der Waals surface area contributed by atoms with E-state index in [-0.39, 0.29) is 23.5 Å². The molecule has 0 radical (unpaired) electrons. The molecule has 1 saturated heterocycles. The minimum absolute atomic E-state index is 0.0578. The molecule has 1 unspecified atom stereocenters. The minimum Gasteiger partial charge on any atom is -0.376 e. The van der Waals surface area contributed by atoms with Crippen LogP contribution < -0.4 is 11.1 Å². The first-order valence-corrected chi connectivity index (χ1v) is 3.83. The molecule has 1 aliphatic rings. The Balaban J connectivity index is 2.79. The quantitative estimate of drug-likeness (QED) is 0.359. The van der Waals surface area contributed by atoms with Crippen molar-refractivity contribution >= 4 is 29.1 Å². The highest BCUT2D eigenvalue weighted by Gasteiger charge is 2.30. The monoisotopic (exact) mass is 187 g/mol. The predicted molar refractivity (Wildman–Crippen MR) is 46.1 cm³/mol. The smallest absolute Gasteiger partial charge is 0.249 e. The fourth-order valence-corrected chi connectivity index (χ4v) is 1.21. The van der Waals surface area contributed by atoms with Crippen LogP contribution in [0.2, 0.25) is 0 Å². The Hall–Kier alpha value is -1.17. The fourth-order valence-electron chi connectivity index (χ4n) is 0.983. The van der Waals surface area contributed by atoms with E-state index in [1.165, 1.54) is 4.90 Å². The molecule has 1 atom stereocenters. The van der Waals surface area contributed by atoms with Crippen molar-refractivity contribution in [3.8, 4) is 0 Å². The molecule has 1 rings (SSSR count). The lowest BCUT2D eigenvalue weighted by molar-refractivity contribution is -0.137. The number of nitrogens with two attached hydrogens (primary N) is 1. The van der Waals surface area contributed by atoms with Crippen LogP contribution in [0, 0.1) is 0 Å². The molecule has 0 aromatic heterocycles. The number of piperazine rings is 1. The van der Waals surface area contributed by atoms with E-state index in [4.69, 9.17) is 5.73 Å². The number of carbonyl (C=O) groups is 2. The van der Waals surface area contributed by atoms with Crippen LogP contribution in [0.15, 0.2) is 0 Å². The topological polar surface area (TPSA) is 75.4 Å². The number of hydrogen-bond donors (Lipinski definition) is 2. The highest BCUT2D eigenvalue weighted by atomic mass is 32.1. The first-order valence-electron chi connectivity index (χ1n) is 3.42. The number of nitrogens with zero attached hydrogens (tertiary/aromatic N) is 1. The summed E-state index contributed by atoms with van der Waals surface area (Å²) in [6.07, 6.45) is 0. The minimum atomic E-state index is -0.458. The average Bonchev–Trinajstić information content (AvgIpc) is 1.96. The van der Waals surface area contributed by atoms with E-state index in [1.54, 1.807) is 6.92 Å². The molecule has 0 aromatic rings. The van der Waals surface area contributed by atoms with Gasteiger partial charge in [-0.1, -0.05) is 0 Å². The van der Waals surface area contributed by atoms with Crippen LogP contribution in [-0.2, 0) is 9.59 Å². The maximum atomic E-state index is 11.0. The van der Waals surface area contributed by atoms with Gasteiger partial charge in [-0.3, -0.25) is 14.9 Å². The first-order chi connectivity index (χ1) is 5.52. The van der Waals surface area contributed by atoms with Gasteiger partial charge >= 0.3 is 0 Å². The van der Waals surface area contributed by atoms with Crippen molar-refractivity contribution in [2.24, 2.45) is 5.73 Å². The third-order valence-electron chi connectivity index (χ3n) is 1.71. The first kappa shape index (κ1) is 8.92. The molecule has 0 aliphatic carbocycles. The second-order valence-electron chi connectivity index (χ2n) is 2.55. The Bertz CT molecular complexity index is 253. The molecule has 12 heavy (non-hydrogen) atoms. The Morgan fingerprint density at radius 1 is 1.75 bits per heavy atom. The molecule has 66 valence electrons. The zero-order chi connectivity index (χ0) is 9.30. The van der Waals surface area contributed by atoms with Gasteiger partial charge in [0.1, 0.15) is 12.6 Å². The van der Waals surface area contributed by atoms with E-state index >= 15 is 0 Å². The Morgan fingerprint density at radius 2 is 2.33 bits per heavy atom. The van der Waals surface area contributed by atoms with Crippen molar-refractivity contribution in [2.45, 2.75) is 13.0 Å². The molecular weight excluding hydrogens is 178 g/mol. The summed E-state index contributed by atoms with van der Waals surface area (Å²) in [4.78, 5) is 23.3. The number of rotatable bonds is 0. The highest BCUT2D eigenvalue weighted by Crippen LogP contribution is 2.03. The maximum absolute atomic E-state index is 11.0. The summed E-state index contributed by atoms with van der Waals surface area (Å²) in [7, 11) is 0. The summed E-state index contributed by atoms with van der Waals surface area (Å²) in [5.74, 6) is -0.732. The second-order valence-corrected chi connectivity index (χ2v) is 2.97. The van der Waals surface area contributed by atoms with Gasteiger partial charge in [0.05, 0.1) is 0 Å². The number of amides is 2. The molecule has 1 fully saturated rings. The summed E-state index contributed by atoms with van der Waals surface area (Å²) in [6.45, 7) is 1.70. The molecule has 5 nitrogen and oxygen atoms in total. The van der Waals surface area contributed by atoms with E-state index in [0.29, 0.717) is 0 Å². The van der Waals surface area contributed by atoms with Crippen molar-refractivity contribution in [1.29, 1.82) is 0 Å². The highest BCUT2D eigenvalue weighted by molar-refractivity contribution is 7.80. The van der Waals surface area contributed by atoms with Crippen molar-refractivity contribution < 1.29 is 9.59 Å². The van der Waals surface area contributed by atoms with Gasteiger partial charge in [0, 0.05) is 0 Å². The van der Waals surface area contributed by atoms with Gasteiger partial charge in [0.15, 0.2) is 5.11 Å². The van der Waals surface area contributed by atoms with Gasteiger partial charge in [-0.15, -0.1) is 0 Å². The summed E-state index contributed by atoms with van der Waals surface area (Å²) in [5.41, 5.74) is 5.31. The Labute approximate surface area is 74.9 Å². The molecule has 3 N–H and O–H groups in total. The SMILES string of the molecule is CC1C(=O)NC(=O)CN1C(N)=S. The van der Waals surface area contributed by atoms with Crippen molar-refractivity contribution in [3.63, 3.8) is 0 Å². The third kappa shape index (κ3) is 1.53. The van der Waals surface area contributed by atoms with Crippen LogP contribution >= 0.6 is 12.2 Å². The molecule has 0 aromatic carbocycles. The summed E-state index contributed by atoms with van der Waals surface area (Å²) in [5, 5.41) is 2.25. The van der Waals surface area contributed by atoms with Crippen LogP contribution in [0.3, 0.4) is 0 Å². The van der Waals surface area contributed by atoms with E-state index in [0.717, 1.165) is 0 Å². The third-order valence-corrected chi connectivity index (χ3v) is 1.94. The van der Waals surface area contributed by atoms with Gasteiger partial charge in [0.2, 0.25) is 11.8 Å². The van der Waals surface area contributed by atoms with E-state index < -0.39 is 6.04 Å². The van der Waals surface area contributed by atoms with E-state index in [2.05, 4.69) is 17.5 Å². The van der Waals surface area contributed by atoms with E-state index in [9.17, 15) is 9.59 Å². The molecule has 6 heteroatoms. The zero-order valence-electron chi connectivity index (χ0n) is 6.53. The van der Waals surface area contributed by atoms with Crippen LogP contribution in [0.1, 0.15) is 6.92 Å². The molecule has 2 amide bonds. The molecule has 0 spiro atoms. The van der Waals surface area contributed by atoms with Crippen molar-refractivity contribution in [2.75, 3.05) is 6.54 Å². The normalized spacial score (nSPS) is 23.8. The van der Waals surface area contributed by atoms with Crippen LogP contribution in [0.25, 0.3) is 0 Å². The fraction of sp³-hybridized carbons (Fsp3) is 0.500. The number of thiocarbonyl (C=S) groups is 1. The van der Waals surface area contributed by atoms with Gasteiger partial charge in [-0.05, 0) is 19.1 Å². The zero-order valence-corrected chi connectivity index (χ0v) is 7.35. The van der Waals surface area contributed by atoms with Gasteiger partial charge in [-0.25, -0.2) is 0 Å².